The largest absolute Gasteiger partial charge is 0.489 e. The fourth-order valence-electron chi connectivity index (χ4n) is 5.05. The number of rotatable bonds is 6. The maximum Gasteiger partial charge on any atom is 0.255 e. The molecule has 2 fully saturated rings. The van der Waals surface area contributed by atoms with Crippen molar-refractivity contribution in [3.8, 4) is 5.75 Å². The minimum Gasteiger partial charge on any atom is -0.489 e. The third kappa shape index (κ3) is 4.64. The zero-order chi connectivity index (χ0) is 27.2. The van der Waals surface area contributed by atoms with Crippen LogP contribution in [0.4, 0.5) is 0 Å². The molecule has 184 valence electrons. The molecule has 1 N–H and O–H groups in total. The monoisotopic (exact) mass is 503 g/mol. The van der Waals surface area contributed by atoms with Crippen molar-refractivity contribution in [2.75, 3.05) is 19.8 Å². The number of nitrogens with one attached hydrogen (secondary N) is 1. The fourth-order valence-corrected chi connectivity index (χ4v) is 5.05. The summed E-state index contributed by atoms with van der Waals surface area (Å²) < 4.78 is 11.2. The van der Waals surface area contributed by atoms with Gasteiger partial charge in [0.2, 0.25) is 17.7 Å². The number of fused-ring (bicyclic) bond motifs is 1. The van der Waals surface area contributed by atoms with Gasteiger partial charge in [-0.15, -0.1) is 0 Å². The summed E-state index contributed by atoms with van der Waals surface area (Å²) in [5.74, 6) is -1.03. The van der Waals surface area contributed by atoms with E-state index < -0.39 is 17.3 Å². The Morgan fingerprint density at radius 1 is 1.11 bits per heavy atom. The molecule has 0 saturated carbocycles. The maximum atomic E-state index is 13.0. The molecule has 4 amide bonds. The van der Waals surface area contributed by atoms with E-state index in [0.29, 0.717) is 40.1 Å². The number of carbonyl (C=O) groups excluding carboxylic acids is 4. The highest BCUT2D eigenvalue weighted by Gasteiger charge is 2.40. The van der Waals surface area contributed by atoms with Gasteiger partial charge in [0.15, 0.2) is 0 Å². The molecule has 0 bridgehead atoms. The average Bonchev–Trinajstić information content (AvgIpc) is 3.21. The number of carbonyl (C=O) groups is 4. The Kier molecular flexibility index (Phi) is 6.90. The van der Waals surface area contributed by atoms with Crippen LogP contribution in [0.3, 0.4) is 0 Å². The Morgan fingerprint density at radius 2 is 1.89 bits per heavy atom. The summed E-state index contributed by atoms with van der Waals surface area (Å²) in [6, 6.07) is 7.48. The molecule has 0 aliphatic carbocycles. The summed E-state index contributed by atoms with van der Waals surface area (Å²) in [5, 5.41) is 0.608. The lowest BCUT2D eigenvalue weighted by Gasteiger charge is -2.43. The summed E-state index contributed by atoms with van der Waals surface area (Å²) in [6.45, 7) is 0.585. The molecule has 1 atom stereocenters. The zero-order valence-electron chi connectivity index (χ0n) is 20.6. The highest BCUT2D eigenvalue weighted by atomic mass is 16.5. The molecule has 3 heterocycles. The van der Waals surface area contributed by atoms with E-state index >= 15 is 0 Å². The van der Waals surface area contributed by atoms with Gasteiger partial charge in [-0.05, 0) is 35.0 Å². The summed E-state index contributed by atoms with van der Waals surface area (Å²) in [5.41, 5.74) is 2.46. The van der Waals surface area contributed by atoms with Crippen molar-refractivity contribution in [3.63, 3.8) is 0 Å². The molecular weight excluding hydrogens is 482 g/mol. The molecule has 1 unspecified atom stereocenters. The topological polar surface area (TPSA) is 105 Å². The quantitative estimate of drug-likeness (QED) is 0.359. The second-order valence-electron chi connectivity index (χ2n) is 9.53. The van der Waals surface area contributed by atoms with Crippen LogP contribution >= 0.6 is 0 Å². The van der Waals surface area contributed by atoms with Gasteiger partial charge in [-0.3, -0.25) is 24.5 Å². The van der Waals surface area contributed by atoms with Gasteiger partial charge in [0.05, 0.1) is 28.8 Å². The van der Waals surface area contributed by atoms with E-state index in [-0.39, 0.29) is 62.3 Å². The molecule has 9 nitrogen and oxygen atoms in total. The standard InChI is InChI=1S/C25H21B4N3O6/c26-17-9-16(25(28,29)32-6-7-37-12-22(32)34)18(27)8-13(17)11-38-20-3-1-2-14-15(20)10-31(24(14)36)19-4-5-21(33)30-23(19)35/h1-3,8-9,19H,4-7,10-12H2,(H,30,33,35). The van der Waals surface area contributed by atoms with E-state index in [1.165, 1.54) is 15.9 Å². The van der Waals surface area contributed by atoms with Crippen molar-refractivity contribution >= 4 is 65.9 Å². The Morgan fingerprint density at radius 3 is 2.63 bits per heavy atom. The Balaban J connectivity index is 1.34. The molecule has 2 aromatic rings. The van der Waals surface area contributed by atoms with E-state index in [4.69, 9.17) is 40.9 Å². The Hall–Kier alpha value is -3.46. The second-order valence-corrected chi connectivity index (χ2v) is 9.53. The molecule has 2 aromatic carbocycles. The summed E-state index contributed by atoms with van der Waals surface area (Å²) in [7, 11) is 25.2. The first-order valence-corrected chi connectivity index (χ1v) is 12.1. The summed E-state index contributed by atoms with van der Waals surface area (Å²) >= 11 is 0. The first-order chi connectivity index (χ1) is 18.1. The van der Waals surface area contributed by atoms with E-state index in [0.717, 1.165) is 0 Å². The van der Waals surface area contributed by atoms with Crippen LogP contribution < -0.4 is 21.0 Å². The van der Waals surface area contributed by atoms with Gasteiger partial charge in [-0.1, -0.05) is 29.1 Å². The van der Waals surface area contributed by atoms with Crippen molar-refractivity contribution in [2.45, 2.75) is 37.4 Å². The molecule has 0 aromatic heterocycles. The van der Waals surface area contributed by atoms with Gasteiger partial charge < -0.3 is 19.3 Å². The van der Waals surface area contributed by atoms with Crippen LogP contribution in [0.2, 0.25) is 0 Å². The first kappa shape index (κ1) is 26.2. The third-order valence-corrected chi connectivity index (χ3v) is 7.10. The van der Waals surface area contributed by atoms with Crippen molar-refractivity contribution in [1.29, 1.82) is 0 Å². The van der Waals surface area contributed by atoms with Crippen LogP contribution in [-0.4, -0.2) is 90.6 Å². The minimum absolute atomic E-state index is 0.0258. The third-order valence-electron chi connectivity index (χ3n) is 7.10. The van der Waals surface area contributed by atoms with E-state index in [9.17, 15) is 19.2 Å². The number of piperidine rings is 1. The van der Waals surface area contributed by atoms with Crippen LogP contribution in [0, 0.1) is 0 Å². The minimum atomic E-state index is -1.68. The molecular formula is C25H21B4N3O6. The van der Waals surface area contributed by atoms with Crippen LogP contribution in [0.1, 0.15) is 39.9 Å². The molecule has 3 aliphatic heterocycles. The van der Waals surface area contributed by atoms with Crippen LogP contribution in [0.5, 0.6) is 5.75 Å². The Bertz CT molecular complexity index is 1350. The van der Waals surface area contributed by atoms with Crippen LogP contribution in [-0.2, 0) is 37.6 Å². The predicted molar refractivity (Wildman–Crippen MR) is 140 cm³/mol. The molecule has 8 radical (unpaired) electrons. The number of amides is 4. The highest BCUT2D eigenvalue weighted by molar-refractivity contribution is 6.45. The highest BCUT2D eigenvalue weighted by Crippen LogP contribution is 2.34. The average molecular weight is 503 g/mol. The van der Waals surface area contributed by atoms with Crippen LogP contribution in [0.25, 0.3) is 0 Å². The van der Waals surface area contributed by atoms with E-state index in [1.807, 2.05) is 0 Å². The summed E-state index contributed by atoms with van der Waals surface area (Å²) in [4.78, 5) is 52.0. The van der Waals surface area contributed by atoms with Crippen molar-refractivity contribution in [2.24, 2.45) is 0 Å². The van der Waals surface area contributed by atoms with Gasteiger partial charge >= 0.3 is 0 Å². The number of morpholine rings is 1. The number of imide groups is 1. The number of nitrogens with zero attached hydrogens (tertiary/aromatic N) is 2. The molecule has 0 spiro atoms. The molecule has 3 aliphatic rings. The lowest BCUT2D eigenvalue weighted by atomic mass is 9.54. The number of hydrogen-bond donors (Lipinski definition) is 1. The van der Waals surface area contributed by atoms with Gasteiger partial charge in [0, 0.05) is 24.1 Å². The maximum absolute atomic E-state index is 13.0. The number of ether oxygens (including phenoxy) is 2. The van der Waals surface area contributed by atoms with Crippen molar-refractivity contribution in [1.82, 2.24) is 15.1 Å². The van der Waals surface area contributed by atoms with Crippen molar-refractivity contribution in [3.05, 3.63) is 52.6 Å². The number of hydrogen-bond acceptors (Lipinski definition) is 6. The summed E-state index contributed by atoms with van der Waals surface area (Å²) in [6.07, 6.45) is 0.436. The first-order valence-electron chi connectivity index (χ1n) is 12.1. The normalized spacial score (nSPS) is 19.9. The molecule has 2 saturated heterocycles. The second kappa shape index (κ2) is 10.0. The van der Waals surface area contributed by atoms with E-state index in [2.05, 4.69) is 5.32 Å². The van der Waals surface area contributed by atoms with E-state index in [1.54, 1.807) is 24.3 Å². The van der Waals surface area contributed by atoms with Crippen LogP contribution in [0.15, 0.2) is 30.3 Å². The predicted octanol–water partition coefficient (Wildman–Crippen LogP) is -2.08. The SMILES string of the molecule is [B]c1cc(C([B])([B])N2CCOCC2=O)c([B])cc1COc1cccc2c1CN(C1CCC(=O)NC1=O)C2=O. The van der Waals surface area contributed by atoms with Crippen molar-refractivity contribution < 1.29 is 28.7 Å². The molecule has 38 heavy (non-hydrogen) atoms. The number of benzene rings is 2. The smallest absolute Gasteiger partial charge is 0.255 e. The lowest BCUT2D eigenvalue weighted by Crippen LogP contribution is -2.57. The lowest BCUT2D eigenvalue weighted by molar-refractivity contribution is -0.145. The van der Waals surface area contributed by atoms with Gasteiger partial charge in [-0.2, -0.15) is 0 Å². The molecule has 5 rings (SSSR count). The zero-order valence-corrected chi connectivity index (χ0v) is 20.6. The van der Waals surface area contributed by atoms with Gasteiger partial charge in [0.25, 0.3) is 5.91 Å². The molecule has 13 heteroatoms. The fraction of sp³-hybridized carbons (Fsp3) is 0.360. The van der Waals surface area contributed by atoms with Gasteiger partial charge in [-0.25, -0.2) is 0 Å². The van der Waals surface area contributed by atoms with Gasteiger partial charge in [0.1, 0.15) is 40.7 Å². The Labute approximate surface area is 225 Å².